The first-order valence-corrected chi connectivity index (χ1v) is 12.5. The highest BCUT2D eigenvalue weighted by Crippen LogP contribution is 2.18. The highest BCUT2D eigenvalue weighted by Gasteiger charge is 2.26. The van der Waals surface area contributed by atoms with Gasteiger partial charge in [-0.3, -0.25) is 9.78 Å². The molecule has 3 amide bonds. The molecule has 1 aromatic carbocycles. The smallest absolute Gasteiger partial charge is 0.319 e. The van der Waals surface area contributed by atoms with Crippen molar-refractivity contribution >= 4 is 29.2 Å². The number of halogens is 1. The summed E-state index contributed by atoms with van der Waals surface area (Å²) in [7, 11) is 0. The van der Waals surface area contributed by atoms with Gasteiger partial charge in [0.15, 0.2) is 0 Å². The van der Waals surface area contributed by atoms with Crippen LogP contribution in [0.3, 0.4) is 0 Å². The molecule has 0 saturated carbocycles. The standard InChI is InChI=1S/C26H36ClN5O2/c1-4-22-18-23(16-19(3)29-22)30-26(34)28-12-15-31-13-10-24(11-14-31)32(5-2)25(33)17-20-6-8-21(27)9-7-20/h6-9,16,18,24H,4-5,10-15,17H2,1-3H3,(H2,28,29,30,34). The lowest BCUT2D eigenvalue weighted by molar-refractivity contribution is -0.133. The number of hydrogen-bond acceptors (Lipinski definition) is 4. The molecular weight excluding hydrogens is 450 g/mol. The topological polar surface area (TPSA) is 77.6 Å². The predicted molar refractivity (Wildman–Crippen MR) is 137 cm³/mol. The van der Waals surface area contributed by atoms with E-state index in [0.717, 1.165) is 61.5 Å². The lowest BCUT2D eigenvalue weighted by atomic mass is 10.0. The Hall–Kier alpha value is -2.64. The number of pyridine rings is 1. The SMILES string of the molecule is CCc1cc(NC(=O)NCCN2CCC(N(CC)C(=O)Cc3ccc(Cl)cc3)CC2)cc(C)n1. The van der Waals surface area contributed by atoms with E-state index in [1.54, 1.807) is 0 Å². The monoisotopic (exact) mass is 485 g/mol. The van der Waals surface area contributed by atoms with Gasteiger partial charge >= 0.3 is 6.03 Å². The van der Waals surface area contributed by atoms with Gasteiger partial charge in [0.05, 0.1) is 6.42 Å². The van der Waals surface area contributed by atoms with Crippen molar-refractivity contribution in [1.82, 2.24) is 20.1 Å². The molecule has 2 N–H and O–H groups in total. The van der Waals surface area contributed by atoms with Crippen LogP contribution in [0.1, 0.15) is 43.6 Å². The van der Waals surface area contributed by atoms with Crippen molar-refractivity contribution in [2.45, 2.75) is 52.5 Å². The van der Waals surface area contributed by atoms with Gasteiger partial charge in [0.25, 0.3) is 0 Å². The molecule has 2 heterocycles. The Kier molecular flexibility index (Phi) is 9.72. The fraction of sp³-hybridized carbons (Fsp3) is 0.500. The minimum absolute atomic E-state index is 0.166. The van der Waals surface area contributed by atoms with Gasteiger partial charge in [-0.25, -0.2) is 4.79 Å². The number of hydrogen-bond donors (Lipinski definition) is 2. The molecule has 2 aromatic rings. The number of piperidine rings is 1. The summed E-state index contributed by atoms with van der Waals surface area (Å²) in [6.45, 7) is 9.94. The summed E-state index contributed by atoms with van der Waals surface area (Å²) >= 11 is 5.95. The number of benzene rings is 1. The summed E-state index contributed by atoms with van der Waals surface area (Å²) in [6.07, 6.45) is 3.13. The average Bonchev–Trinajstić information content (AvgIpc) is 2.81. The molecule has 8 heteroatoms. The van der Waals surface area contributed by atoms with E-state index in [9.17, 15) is 9.59 Å². The second-order valence-corrected chi connectivity index (χ2v) is 9.22. The third-order valence-electron chi connectivity index (χ3n) is 6.27. The van der Waals surface area contributed by atoms with Gasteiger partial charge in [0.1, 0.15) is 0 Å². The highest BCUT2D eigenvalue weighted by atomic mass is 35.5. The molecule has 7 nitrogen and oxygen atoms in total. The zero-order valence-corrected chi connectivity index (χ0v) is 21.2. The first-order chi connectivity index (χ1) is 16.4. The van der Waals surface area contributed by atoms with Crippen LogP contribution in [0.25, 0.3) is 0 Å². The van der Waals surface area contributed by atoms with Crippen LogP contribution in [0.2, 0.25) is 5.02 Å². The van der Waals surface area contributed by atoms with Gasteiger partial charge in [-0.1, -0.05) is 30.7 Å². The number of nitrogens with one attached hydrogen (secondary N) is 2. The van der Waals surface area contributed by atoms with Gasteiger partial charge in [-0.15, -0.1) is 0 Å². The number of aryl methyl sites for hydroxylation is 2. The third kappa shape index (κ3) is 7.71. The number of carbonyl (C=O) groups excluding carboxylic acids is 2. The quantitative estimate of drug-likeness (QED) is 0.555. The Balaban J connectivity index is 1.39. The number of nitrogens with zero attached hydrogens (tertiary/aromatic N) is 3. The summed E-state index contributed by atoms with van der Waals surface area (Å²) in [5, 5.41) is 6.53. The van der Waals surface area contributed by atoms with Crippen molar-refractivity contribution in [3.8, 4) is 0 Å². The number of carbonyl (C=O) groups is 2. The summed E-state index contributed by atoms with van der Waals surface area (Å²) < 4.78 is 0. The van der Waals surface area contributed by atoms with E-state index < -0.39 is 0 Å². The number of likely N-dealkylation sites (tertiary alicyclic amines) is 1. The van der Waals surface area contributed by atoms with Crippen molar-refractivity contribution in [1.29, 1.82) is 0 Å². The van der Waals surface area contributed by atoms with Crippen LogP contribution in [0.4, 0.5) is 10.5 Å². The molecule has 0 spiro atoms. The van der Waals surface area contributed by atoms with Crippen LogP contribution < -0.4 is 10.6 Å². The predicted octanol–water partition coefficient (Wildman–Crippen LogP) is 4.28. The molecule has 184 valence electrons. The van der Waals surface area contributed by atoms with Gasteiger partial charge < -0.3 is 20.4 Å². The van der Waals surface area contributed by atoms with Gasteiger partial charge in [0, 0.05) is 60.9 Å². The molecule has 1 aliphatic heterocycles. The van der Waals surface area contributed by atoms with Crippen LogP contribution in [0.15, 0.2) is 36.4 Å². The van der Waals surface area contributed by atoms with E-state index in [4.69, 9.17) is 11.6 Å². The van der Waals surface area contributed by atoms with Gasteiger partial charge in [-0.2, -0.15) is 0 Å². The van der Waals surface area contributed by atoms with E-state index in [1.807, 2.05) is 62.1 Å². The summed E-state index contributed by atoms with van der Waals surface area (Å²) in [6, 6.07) is 11.3. The maximum atomic E-state index is 12.9. The zero-order valence-electron chi connectivity index (χ0n) is 20.4. The number of anilines is 1. The lowest BCUT2D eigenvalue weighted by Gasteiger charge is -2.38. The fourth-order valence-corrected chi connectivity index (χ4v) is 4.59. The highest BCUT2D eigenvalue weighted by molar-refractivity contribution is 6.30. The van der Waals surface area contributed by atoms with Crippen LogP contribution in [-0.2, 0) is 17.6 Å². The Morgan fingerprint density at radius 1 is 1.15 bits per heavy atom. The normalized spacial score (nSPS) is 14.6. The Morgan fingerprint density at radius 2 is 1.85 bits per heavy atom. The maximum Gasteiger partial charge on any atom is 0.319 e. The number of aromatic nitrogens is 1. The zero-order chi connectivity index (χ0) is 24.5. The van der Waals surface area contributed by atoms with Crippen LogP contribution in [0, 0.1) is 6.92 Å². The molecule has 34 heavy (non-hydrogen) atoms. The van der Waals surface area contributed by atoms with Crippen LogP contribution >= 0.6 is 11.6 Å². The molecule has 0 aliphatic carbocycles. The molecule has 1 aromatic heterocycles. The van der Waals surface area contributed by atoms with Crippen molar-refractivity contribution in [2.75, 3.05) is 38.0 Å². The molecule has 0 radical (unpaired) electrons. The van der Waals surface area contributed by atoms with Crippen molar-refractivity contribution in [3.05, 3.63) is 58.4 Å². The minimum Gasteiger partial charge on any atom is -0.340 e. The summed E-state index contributed by atoms with van der Waals surface area (Å²) in [5.74, 6) is 0.166. The molecule has 1 saturated heterocycles. The van der Waals surface area contributed by atoms with E-state index in [0.29, 0.717) is 24.5 Å². The van der Waals surface area contributed by atoms with E-state index in [2.05, 4.69) is 20.5 Å². The lowest BCUT2D eigenvalue weighted by Crippen LogP contribution is -2.49. The molecule has 0 bridgehead atoms. The molecule has 3 rings (SSSR count). The van der Waals surface area contributed by atoms with E-state index in [1.165, 1.54) is 0 Å². The summed E-state index contributed by atoms with van der Waals surface area (Å²) in [4.78, 5) is 34.0. The maximum absolute atomic E-state index is 12.9. The largest absolute Gasteiger partial charge is 0.340 e. The number of rotatable bonds is 9. The molecule has 0 unspecified atom stereocenters. The van der Waals surface area contributed by atoms with Crippen molar-refractivity contribution < 1.29 is 9.59 Å². The molecule has 1 aliphatic rings. The van der Waals surface area contributed by atoms with Crippen molar-refractivity contribution in [3.63, 3.8) is 0 Å². The van der Waals surface area contributed by atoms with Gasteiger partial charge in [0.2, 0.25) is 5.91 Å². The van der Waals surface area contributed by atoms with Crippen LogP contribution in [-0.4, -0.2) is 65.5 Å². The second kappa shape index (κ2) is 12.7. The number of likely N-dealkylation sites (N-methyl/N-ethyl adjacent to an activating group) is 1. The Labute approximate surface area is 207 Å². The fourth-order valence-electron chi connectivity index (χ4n) is 4.46. The van der Waals surface area contributed by atoms with Crippen molar-refractivity contribution in [2.24, 2.45) is 0 Å². The molecule has 1 fully saturated rings. The molecular formula is C26H36ClN5O2. The van der Waals surface area contributed by atoms with E-state index in [-0.39, 0.29) is 18.0 Å². The minimum atomic E-state index is -0.201. The summed E-state index contributed by atoms with van der Waals surface area (Å²) in [5.41, 5.74) is 3.62. The molecule has 0 atom stereocenters. The first-order valence-electron chi connectivity index (χ1n) is 12.2. The first kappa shape index (κ1) is 26.0. The second-order valence-electron chi connectivity index (χ2n) is 8.78. The van der Waals surface area contributed by atoms with Crippen LogP contribution in [0.5, 0.6) is 0 Å². The Bertz CT molecular complexity index is 958. The third-order valence-corrected chi connectivity index (χ3v) is 6.52. The Morgan fingerprint density at radius 3 is 2.50 bits per heavy atom. The van der Waals surface area contributed by atoms with E-state index >= 15 is 0 Å². The number of urea groups is 1. The number of amides is 3. The average molecular weight is 486 g/mol. The van der Waals surface area contributed by atoms with Gasteiger partial charge in [-0.05, 0) is 62.9 Å².